The molecule has 9 nitrogen and oxygen atoms in total. The van der Waals surface area contributed by atoms with Gasteiger partial charge in [0, 0.05) is 25.1 Å². The molecule has 2 aromatic carbocycles. The van der Waals surface area contributed by atoms with Crippen LogP contribution in [0.3, 0.4) is 0 Å². The van der Waals surface area contributed by atoms with Crippen LogP contribution < -0.4 is 5.32 Å². The second-order valence-electron chi connectivity index (χ2n) is 7.49. The van der Waals surface area contributed by atoms with Crippen LogP contribution in [0.1, 0.15) is 48.7 Å². The zero-order valence-electron chi connectivity index (χ0n) is 18.2. The molecule has 2 N–H and O–H groups in total. The number of hydrogen-bond donors (Lipinski definition) is 2. The van der Waals surface area contributed by atoms with Crippen molar-refractivity contribution >= 4 is 5.91 Å². The maximum Gasteiger partial charge on any atom is 0.290 e. The molecule has 0 saturated carbocycles. The fraction of sp³-hybridized carbons (Fsp3) is 0.304. The smallest absolute Gasteiger partial charge is 0.290 e. The predicted molar refractivity (Wildman–Crippen MR) is 121 cm³/mol. The molecule has 0 aliphatic rings. The van der Waals surface area contributed by atoms with Gasteiger partial charge in [-0.05, 0) is 34.7 Å². The quantitative estimate of drug-likeness (QED) is 0.421. The molecular formula is C23H26N8O. The van der Waals surface area contributed by atoms with Crippen molar-refractivity contribution in [1.82, 2.24) is 40.7 Å². The van der Waals surface area contributed by atoms with E-state index in [1.807, 2.05) is 35.9 Å². The fourth-order valence-electron chi connectivity index (χ4n) is 3.50. The van der Waals surface area contributed by atoms with Crippen molar-refractivity contribution in [3.05, 3.63) is 65.7 Å². The SMILES string of the molecule is CCCNC(=O)c1nc(Cc2ccc(-c3ccccc3-c3nn[nH]n3)cc2)n(CCC)n1. The van der Waals surface area contributed by atoms with Gasteiger partial charge in [0.15, 0.2) is 0 Å². The van der Waals surface area contributed by atoms with Crippen molar-refractivity contribution in [2.45, 2.75) is 39.7 Å². The number of aromatic nitrogens is 7. The van der Waals surface area contributed by atoms with Gasteiger partial charge in [-0.15, -0.1) is 15.3 Å². The first-order valence-electron chi connectivity index (χ1n) is 10.8. The highest BCUT2D eigenvalue weighted by atomic mass is 16.2. The maximum atomic E-state index is 12.3. The Balaban J connectivity index is 1.56. The molecular weight excluding hydrogens is 404 g/mol. The first-order chi connectivity index (χ1) is 15.7. The topological polar surface area (TPSA) is 114 Å². The number of tetrazole rings is 1. The summed E-state index contributed by atoms with van der Waals surface area (Å²) in [4.78, 5) is 16.8. The molecule has 4 aromatic rings. The van der Waals surface area contributed by atoms with Gasteiger partial charge >= 0.3 is 0 Å². The summed E-state index contributed by atoms with van der Waals surface area (Å²) in [5.74, 6) is 1.35. The number of nitrogens with one attached hydrogen (secondary N) is 2. The Morgan fingerprint density at radius 2 is 1.81 bits per heavy atom. The molecule has 0 unspecified atom stereocenters. The lowest BCUT2D eigenvalue weighted by molar-refractivity contribution is 0.0943. The van der Waals surface area contributed by atoms with E-state index in [0.29, 0.717) is 18.8 Å². The molecule has 0 aliphatic heterocycles. The number of hydrogen-bond acceptors (Lipinski definition) is 6. The van der Waals surface area contributed by atoms with Crippen molar-refractivity contribution in [2.24, 2.45) is 0 Å². The lowest BCUT2D eigenvalue weighted by atomic mass is 9.98. The molecule has 0 spiro atoms. The van der Waals surface area contributed by atoms with Crippen LogP contribution in [0.15, 0.2) is 48.5 Å². The number of benzene rings is 2. The number of rotatable bonds is 9. The highest BCUT2D eigenvalue weighted by Crippen LogP contribution is 2.29. The molecule has 0 bridgehead atoms. The third-order valence-electron chi connectivity index (χ3n) is 5.06. The van der Waals surface area contributed by atoms with E-state index in [4.69, 9.17) is 0 Å². The van der Waals surface area contributed by atoms with E-state index in [1.165, 1.54) is 0 Å². The second-order valence-corrected chi connectivity index (χ2v) is 7.49. The molecule has 0 atom stereocenters. The van der Waals surface area contributed by atoms with Gasteiger partial charge in [-0.3, -0.25) is 4.79 Å². The summed E-state index contributed by atoms with van der Waals surface area (Å²) in [7, 11) is 0. The van der Waals surface area contributed by atoms with Crippen molar-refractivity contribution < 1.29 is 4.79 Å². The Morgan fingerprint density at radius 3 is 2.50 bits per heavy atom. The number of amides is 1. The zero-order chi connectivity index (χ0) is 22.3. The average molecular weight is 431 g/mol. The minimum Gasteiger partial charge on any atom is -0.349 e. The van der Waals surface area contributed by atoms with Crippen molar-refractivity contribution in [1.29, 1.82) is 0 Å². The van der Waals surface area contributed by atoms with Crippen LogP contribution in [0.2, 0.25) is 0 Å². The third kappa shape index (κ3) is 4.72. The van der Waals surface area contributed by atoms with Crippen LogP contribution in [-0.2, 0) is 13.0 Å². The Morgan fingerprint density at radius 1 is 1.03 bits per heavy atom. The first kappa shape index (κ1) is 21.4. The minimum absolute atomic E-state index is 0.226. The molecule has 4 rings (SSSR count). The molecule has 0 saturated heterocycles. The second kappa shape index (κ2) is 9.95. The highest BCUT2D eigenvalue weighted by Gasteiger charge is 2.16. The number of carbonyl (C=O) groups excluding carboxylic acids is 1. The Kier molecular flexibility index (Phi) is 6.64. The van der Waals surface area contributed by atoms with E-state index >= 15 is 0 Å². The number of nitrogens with zero attached hydrogens (tertiary/aromatic N) is 6. The van der Waals surface area contributed by atoms with Crippen LogP contribution in [0.5, 0.6) is 0 Å². The molecule has 1 amide bonds. The van der Waals surface area contributed by atoms with E-state index < -0.39 is 0 Å². The minimum atomic E-state index is -0.226. The highest BCUT2D eigenvalue weighted by molar-refractivity contribution is 5.90. The van der Waals surface area contributed by atoms with E-state index in [0.717, 1.165) is 47.5 Å². The zero-order valence-corrected chi connectivity index (χ0v) is 18.2. The summed E-state index contributed by atoms with van der Waals surface area (Å²) in [5.41, 5.74) is 4.10. The molecule has 2 heterocycles. The third-order valence-corrected chi connectivity index (χ3v) is 5.06. The fourth-order valence-corrected chi connectivity index (χ4v) is 3.50. The van der Waals surface area contributed by atoms with Crippen molar-refractivity contribution in [3.63, 3.8) is 0 Å². The molecule has 2 aromatic heterocycles. The summed E-state index contributed by atoms with van der Waals surface area (Å²) in [6.45, 7) is 5.43. The van der Waals surface area contributed by atoms with E-state index in [2.05, 4.69) is 67.2 Å². The average Bonchev–Trinajstić information content (AvgIpc) is 3.49. The van der Waals surface area contributed by atoms with Gasteiger partial charge in [0.2, 0.25) is 11.6 Å². The van der Waals surface area contributed by atoms with Gasteiger partial charge in [0.05, 0.1) is 0 Å². The molecule has 32 heavy (non-hydrogen) atoms. The first-order valence-corrected chi connectivity index (χ1v) is 10.8. The lowest BCUT2D eigenvalue weighted by Crippen LogP contribution is -2.25. The normalized spacial score (nSPS) is 10.9. The van der Waals surface area contributed by atoms with Crippen LogP contribution in [0.4, 0.5) is 0 Å². The number of aryl methyl sites for hydroxylation is 1. The van der Waals surface area contributed by atoms with Gasteiger partial charge in [0.1, 0.15) is 5.82 Å². The summed E-state index contributed by atoms with van der Waals surface area (Å²) in [6, 6.07) is 16.3. The van der Waals surface area contributed by atoms with Gasteiger partial charge in [-0.1, -0.05) is 62.4 Å². The summed E-state index contributed by atoms with van der Waals surface area (Å²) >= 11 is 0. The van der Waals surface area contributed by atoms with E-state index in [1.54, 1.807) is 0 Å². The van der Waals surface area contributed by atoms with E-state index in [-0.39, 0.29) is 11.7 Å². The van der Waals surface area contributed by atoms with Gasteiger partial charge in [-0.2, -0.15) is 5.21 Å². The van der Waals surface area contributed by atoms with Crippen LogP contribution in [0.25, 0.3) is 22.5 Å². The Labute approximate surface area is 186 Å². The van der Waals surface area contributed by atoms with Crippen LogP contribution in [-0.4, -0.2) is 47.8 Å². The van der Waals surface area contributed by atoms with Gasteiger partial charge in [0.25, 0.3) is 5.91 Å². The monoisotopic (exact) mass is 430 g/mol. The van der Waals surface area contributed by atoms with Gasteiger partial charge < -0.3 is 5.32 Å². The lowest BCUT2D eigenvalue weighted by Gasteiger charge is -2.08. The van der Waals surface area contributed by atoms with Crippen LogP contribution in [0, 0.1) is 0 Å². The number of H-pyrrole nitrogens is 1. The number of carbonyl (C=O) groups is 1. The Hall–Kier alpha value is -3.88. The largest absolute Gasteiger partial charge is 0.349 e. The summed E-state index contributed by atoms with van der Waals surface area (Å²) < 4.78 is 1.83. The molecule has 9 heteroatoms. The standard InChI is InChI=1S/C23H26N8O/c1-3-13-24-23(32)22-25-20(31(28-22)14-4-2)15-16-9-11-17(12-10-16)18-7-5-6-8-19(18)21-26-29-30-27-21/h5-12H,3-4,13-15H2,1-2H3,(H,24,32)(H,26,27,29,30). The van der Waals surface area contributed by atoms with Crippen molar-refractivity contribution in [2.75, 3.05) is 6.54 Å². The molecule has 0 radical (unpaired) electrons. The summed E-state index contributed by atoms with van der Waals surface area (Å²) in [5, 5.41) is 21.7. The van der Waals surface area contributed by atoms with Gasteiger partial charge in [-0.25, -0.2) is 9.67 Å². The Bertz CT molecular complexity index is 1170. The molecule has 164 valence electrons. The summed E-state index contributed by atoms with van der Waals surface area (Å²) in [6.07, 6.45) is 2.38. The molecule has 0 fully saturated rings. The molecule has 0 aliphatic carbocycles. The van der Waals surface area contributed by atoms with E-state index in [9.17, 15) is 4.79 Å². The predicted octanol–water partition coefficient (Wildman–Crippen LogP) is 3.27. The number of aromatic amines is 1. The van der Waals surface area contributed by atoms with Crippen molar-refractivity contribution in [3.8, 4) is 22.5 Å². The maximum absolute atomic E-state index is 12.3. The van der Waals surface area contributed by atoms with Crippen LogP contribution >= 0.6 is 0 Å².